The quantitative estimate of drug-likeness (QED) is 0.713. The minimum atomic E-state index is 0.380. The van der Waals surface area contributed by atoms with Crippen molar-refractivity contribution < 1.29 is 0 Å². The number of likely N-dealkylation sites (N-methyl/N-ethyl adjacent to an activating group) is 1. The van der Waals surface area contributed by atoms with E-state index in [4.69, 9.17) is 0 Å². The normalized spacial score (nSPS) is 12.7. The first-order chi connectivity index (χ1) is 11.2. The van der Waals surface area contributed by atoms with Gasteiger partial charge in [-0.3, -0.25) is 0 Å². The number of rotatable bonds is 7. The lowest BCUT2D eigenvalue weighted by Gasteiger charge is -2.23. The van der Waals surface area contributed by atoms with E-state index in [9.17, 15) is 0 Å². The second-order valence-electron chi connectivity index (χ2n) is 5.34. The third-order valence-corrected chi connectivity index (χ3v) is 5.31. The second-order valence-corrected chi connectivity index (χ2v) is 7.18. The molecule has 0 aromatic carbocycles. The summed E-state index contributed by atoms with van der Waals surface area (Å²) < 4.78 is 0. The van der Waals surface area contributed by atoms with Crippen molar-refractivity contribution in [1.29, 1.82) is 0 Å². The van der Waals surface area contributed by atoms with E-state index in [1.54, 1.807) is 35.1 Å². The Morgan fingerprint density at radius 2 is 2.00 bits per heavy atom. The Morgan fingerprint density at radius 3 is 2.70 bits per heavy atom. The van der Waals surface area contributed by atoms with Crippen LogP contribution in [-0.4, -0.2) is 40.5 Å². The third kappa shape index (κ3) is 4.20. The van der Waals surface area contributed by atoms with Crippen LogP contribution in [0, 0.1) is 0 Å². The van der Waals surface area contributed by atoms with E-state index in [-0.39, 0.29) is 0 Å². The molecule has 0 amide bonds. The van der Waals surface area contributed by atoms with Crippen LogP contribution in [0.1, 0.15) is 16.6 Å². The fraction of sp³-hybridized carbons (Fsp3) is 0.312. The molecule has 7 heteroatoms. The monoisotopic (exact) mass is 345 g/mol. The molecule has 3 aromatic rings. The van der Waals surface area contributed by atoms with Crippen LogP contribution in [0.4, 0.5) is 0 Å². The van der Waals surface area contributed by atoms with Crippen molar-refractivity contribution in [3.05, 3.63) is 51.9 Å². The molecule has 1 N–H and O–H groups in total. The minimum Gasteiger partial charge on any atom is -0.309 e. The van der Waals surface area contributed by atoms with Crippen molar-refractivity contribution >= 4 is 22.7 Å². The lowest BCUT2D eigenvalue weighted by molar-refractivity contribution is 0.292. The Labute approximate surface area is 144 Å². The van der Waals surface area contributed by atoms with Crippen LogP contribution in [0.2, 0.25) is 0 Å². The van der Waals surface area contributed by atoms with Crippen molar-refractivity contribution in [2.75, 3.05) is 20.6 Å². The average molecular weight is 345 g/mol. The van der Waals surface area contributed by atoms with Crippen LogP contribution < -0.4 is 5.32 Å². The van der Waals surface area contributed by atoms with Crippen molar-refractivity contribution in [2.45, 2.75) is 12.6 Å². The van der Waals surface area contributed by atoms with Gasteiger partial charge in [0.25, 0.3) is 0 Å². The van der Waals surface area contributed by atoms with Crippen molar-refractivity contribution in [1.82, 2.24) is 25.2 Å². The number of nitrogens with zero attached hydrogens (tertiary/aromatic N) is 4. The number of hydrogen-bond acceptors (Lipinski definition) is 7. The van der Waals surface area contributed by atoms with Crippen molar-refractivity contribution in [3.63, 3.8) is 0 Å². The minimum absolute atomic E-state index is 0.380. The molecule has 0 radical (unpaired) electrons. The smallest absolute Gasteiger partial charge is 0.188 e. The summed E-state index contributed by atoms with van der Waals surface area (Å²) in [5.74, 6) is 0.688. The summed E-state index contributed by atoms with van der Waals surface area (Å²) >= 11 is 3.38. The zero-order valence-electron chi connectivity index (χ0n) is 13.1. The summed E-state index contributed by atoms with van der Waals surface area (Å²) in [4.78, 5) is 16.7. The van der Waals surface area contributed by atoms with E-state index in [0.717, 1.165) is 23.8 Å². The molecule has 120 valence electrons. The molecule has 0 saturated carbocycles. The van der Waals surface area contributed by atoms with Crippen LogP contribution in [-0.2, 0) is 6.54 Å². The largest absolute Gasteiger partial charge is 0.309 e. The Hall–Kier alpha value is -1.67. The van der Waals surface area contributed by atoms with Crippen LogP contribution >= 0.6 is 22.7 Å². The number of aromatic nitrogens is 3. The molecule has 0 saturated heterocycles. The van der Waals surface area contributed by atoms with Crippen LogP contribution in [0.15, 0.2) is 41.4 Å². The topological polar surface area (TPSA) is 53.9 Å². The van der Waals surface area contributed by atoms with Crippen molar-refractivity contribution in [2.24, 2.45) is 0 Å². The SMILES string of the molecule is CN(C)[C@H](CNCc1csc(-c2ncccn2)n1)c1cccs1. The third-order valence-electron chi connectivity index (χ3n) is 3.45. The van der Waals surface area contributed by atoms with Gasteiger partial charge in [-0.15, -0.1) is 22.7 Å². The van der Waals surface area contributed by atoms with E-state index in [1.165, 1.54) is 4.88 Å². The first-order valence-corrected chi connectivity index (χ1v) is 9.12. The highest BCUT2D eigenvalue weighted by molar-refractivity contribution is 7.13. The zero-order valence-corrected chi connectivity index (χ0v) is 14.8. The van der Waals surface area contributed by atoms with Gasteiger partial charge in [0.15, 0.2) is 10.8 Å². The number of hydrogen-bond donors (Lipinski definition) is 1. The van der Waals surface area contributed by atoms with Gasteiger partial charge in [-0.05, 0) is 31.6 Å². The molecule has 0 fully saturated rings. The predicted molar refractivity (Wildman–Crippen MR) is 95.6 cm³/mol. The lowest BCUT2D eigenvalue weighted by Crippen LogP contribution is -2.30. The summed E-state index contributed by atoms with van der Waals surface area (Å²) in [5.41, 5.74) is 1.03. The maximum atomic E-state index is 4.60. The summed E-state index contributed by atoms with van der Waals surface area (Å²) in [6.45, 7) is 1.64. The van der Waals surface area contributed by atoms with Gasteiger partial charge in [0.2, 0.25) is 0 Å². The molecule has 0 spiro atoms. The molecular weight excluding hydrogens is 326 g/mol. The molecule has 0 aliphatic carbocycles. The highest BCUT2D eigenvalue weighted by atomic mass is 32.1. The van der Waals surface area contributed by atoms with E-state index in [0.29, 0.717) is 11.9 Å². The fourth-order valence-electron chi connectivity index (χ4n) is 2.26. The summed E-state index contributed by atoms with van der Waals surface area (Å²) in [6.07, 6.45) is 3.48. The molecule has 0 unspecified atom stereocenters. The van der Waals surface area contributed by atoms with Gasteiger partial charge >= 0.3 is 0 Å². The fourth-order valence-corrected chi connectivity index (χ4v) is 3.94. The Balaban J connectivity index is 1.57. The second kappa shape index (κ2) is 7.74. The van der Waals surface area contributed by atoms with Gasteiger partial charge < -0.3 is 10.2 Å². The first-order valence-electron chi connectivity index (χ1n) is 7.36. The zero-order chi connectivity index (χ0) is 16.1. The van der Waals surface area contributed by atoms with Crippen LogP contribution in [0.5, 0.6) is 0 Å². The molecule has 1 atom stereocenters. The molecule has 0 aliphatic rings. The molecule has 0 aliphatic heterocycles. The van der Waals surface area contributed by atoms with Crippen LogP contribution in [0.25, 0.3) is 10.8 Å². The van der Waals surface area contributed by atoms with E-state index >= 15 is 0 Å². The lowest BCUT2D eigenvalue weighted by atomic mass is 10.2. The molecule has 0 bridgehead atoms. The molecular formula is C16H19N5S2. The summed E-state index contributed by atoms with van der Waals surface area (Å²) in [6, 6.07) is 6.48. The van der Waals surface area contributed by atoms with E-state index in [2.05, 4.69) is 62.2 Å². The van der Waals surface area contributed by atoms with Gasteiger partial charge in [0.1, 0.15) is 0 Å². The Bertz CT molecular complexity index is 709. The van der Waals surface area contributed by atoms with Gasteiger partial charge in [0.05, 0.1) is 11.7 Å². The van der Waals surface area contributed by atoms with Gasteiger partial charge in [-0.25, -0.2) is 15.0 Å². The molecule has 3 aromatic heterocycles. The average Bonchev–Trinajstić information content (AvgIpc) is 3.24. The predicted octanol–water partition coefficient (Wildman–Crippen LogP) is 3.05. The molecule has 23 heavy (non-hydrogen) atoms. The highest BCUT2D eigenvalue weighted by Crippen LogP contribution is 2.23. The number of thiophene rings is 1. The maximum absolute atomic E-state index is 4.60. The maximum Gasteiger partial charge on any atom is 0.188 e. The highest BCUT2D eigenvalue weighted by Gasteiger charge is 2.15. The van der Waals surface area contributed by atoms with Gasteiger partial charge in [-0.1, -0.05) is 6.07 Å². The number of thiazole rings is 1. The van der Waals surface area contributed by atoms with Gasteiger partial charge in [-0.2, -0.15) is 0 Å². The standard InChI is InChI=1S/C16H19N5S2/c1-21(2)13(14-5-3-8-22-14)10-17-9-12-11-23-16(20-12)15-18-6-4-7-19-15/h3-8,11,13,17H,9-10H2,1-2H3/t13-/m1/s1. The summed E-state index contributed by atoms with van der Waals surface area (Å²) in [7, 11) is 4.22. The van der Waals surface area contributed by atoms with E-state index in [1.807, 2.05) is 6.07 Å². The summed E-state index contributed by atoms with van der Waals surface area (Å²) in [5, 5.41) is 8.56. The van der Waals surface area contributed by atoms with E-state index < -0.39 is 0 Å². The molecule has 3 heterocycles. The number of nitrogens with one attached hydrogen (secondary N) is 1. The Kier molecular flexibility index (Phi) is 5.45. The van der Waals surface area contributed by atoms with Crippen molar-refractivity contribution in [3.8, 4) is 10.8 Å². The van der Waals surface area contributed by atoms with Crippen LogP contribution in [0.3, 0.4) is 0 Å². The molecule has 3 rings (SSSR count). The Morgan fingerprint density at radius 1 is 1.17 bits per heavy atom. The first kappa shape index (κ1) is 16.2. The van der Waals surface area contributed by atoms with Gasteiger partial charge in [0, 0.05) is 35.7 Å². The molecule has 5 nitrogen and oxygen atoms in total.